The number of para-hydroxylation sites is 2. The Hall–Kier alpha value is -2.30. The van der Waals surface area contributed by atoms with E-state index in [0.717, 1.165) is 12.2 Å². The van der Waals surface area contributed by atoms with E-state index in [1.54, 1.807) is 18.2 Å². The molecule has 1 aliphatic rings. The molecule has 2 rings (SSSR count). The van der Waals surface area contributed by atoms with Crippen LogP contribution >= 0.6 is 0 Å². The van der Waals surface area contributed by atoms with Gasteiger partial charge in [-0.25, -0.2) is 4.79 Å². The van der Waals surface area contributed by atoms with Crippen LogP contribution in [0.1, 0.15) is 0 Å². The fourth-order valence-corrected chi connectivity index (χ4v) is 1.63. The minimum absolute atomic E-state index is 0.358. The van der Waals surface area contributed by atoms with Crippen molar-refractivity contribution < 1.29 is 19.4 Å². The summed E-state index contributed by atoms with van der Waals surface area (Å²) in [6.07, 6.45) is 1.88. The Balaban J connectivity index is 2.24. The molecule has 0 aliphatic carbocycles. The average Bonchev–Trinajstić information content (AvgIpc) is 2.35. The van der Waals surface area contributed by atoms with Gasteiger partial charge < -0.3 is 14.7 Å². The van der Waals surface area contributed by atoms with E-state index in [0.29, 0.717) is 24.6 Å². The second-order valence-corrected chi connectivity index (χ2v) is 3.48. The highest BCUT2D eigenvalue weighted by Gasteiger charge is 2.21. The maximum absolute atomic E-state index is 11.8. The molecule has 0 saturated carbocycles. The molecule has 1 N–H and O–H groups in total. The number of carboxylic acids is 1. The van der Waals surface area contributed by atoms with Crippen molar-refractivity contribution in [2.24, 2.45) is 0 Å². The molecule has 0 atom stereocenters. The predicted octanol–water partition coefficient (Wildman–Crippen LogP) is 1.05. The molecule has 1 aromatic carbocycles. The number of amides is 1. The molecule has 1 heterocycles. The van der Waals surface area contributed by atoms with E-state index in [1.165, 1.54) is 4.90 Å². The monoisotopic (exact) mass is 233 g/mol. The van der Waals surface area contributed by atoms with Crippen LogP contribution in [0.4, 0.5) is 5.69 Å². The number of ether oxygens (including phenoxy) is 1. The third-order valence-corrected chi connectivity index (χ3v) is 2.36. The summed E-state index contributed by atoms with van der Waals surface area (Å²) in [5.74, 6) is -0.862. The zero-order valence-corrected chi connectivity index (χ0v) is 9.00. The summed E-state index contributed by atoms with van der Waals surface area (Å²) in [5, 5.41) is 8.47. The Labute approximate surface area is 97.9 Å². The fourth-order valence-electron chi connectivity index (χ4n) is 1.63. The molecule has 5 nitrogen and oxygen atoms in total. The lowest BCUT2D eigenvalue weighted by Gasteiger charge is -2.28. The number of carboxylic acid groups (broad SMARTS) is 1. The van der Waals surface area contributed by atoms with Crippen LogP contribution in [-0.4, -0.2) is 30.1 Å². The van der Waals surface area contributed by atoms with Gasteiger partial charge in [0.05, 0.1) is 12.2 Å². The minimum atomic E-state index is -1.14. The number of carbonyl (C=O) groups is 2. The Morgan fingerprint density at radius 2 is 2.06 bits per heavy atom. The summed E-state index contributed by atoms with van der Waals surface area (Å²) >= 11 is 0. The highest BCUT2D eigenvalue weighted by Crippen LogP contribution is 2.30. The van der Waals surface area contributed by atoms with E-state index in [1.807, 2.05) is 6.07 Å². The number of hydrogen-bond donors (Lipinski definition) is 1. The van der Waals surface area contributed by atoms with Gasteiger partial charge in [0.2, 0.25) is 0 Å². The number of benzene rings is 1. The predicted molar refractivity (Wildman–Crippen MR) is 61.1 cm³/mol. The maximum atomic E-state index is 11.8. The zero-order chi connectivity index (χ0) is 12.3. The molecule has 1 aromatic rings. The van der Waals surface area contributed by atoms with Crippen LogP contribution in [0, 0.1) is 0 Å². The molecule has 88 valence electrons. The van der Waals surface area contributed by atoms with Crippen molar-refractivity contribution in [3.05, 3.63) is 36.4 Å². The molecular weight excluding hydrogens is 222 g/mol. The summed E-state index contributed by atoms with van der Waals surface area (Å²) in [6.45, 7) is 0.823. The standard InChI is InChI=1S/C12H11NO4/c14-11(5-6-12(15)16)13-7-8-17-10-4-2-1-3-9(10)13/h1-6H,7-8H2,(H,15,16)/b6-5-. The molecule has 0 fully saturated rings. The van der Waals surface area contributed by atoms with Crippen molar-refractivity contribution in [1.29, 1.82) is 0 Å². The first-order valence-electron chi connectivity index (χ1n) is 5.13. The molecule has 0 saturated heterocycles. The Morgan fingerprint density at radius 3 is 2.82 bits per heavy atom. The minimum Gasteiger partial charge on any atom is -0.490 e. The van der Waals surface area contributed by atoms with E-state index in [9.17, 15) is 9.59 Å². The fraction of sp³-hybridized carbons (Fsp3) is 0.167. The van der Waals surface area contributed by atoms with E-state index < -0.39 is 5.97 Å². The van der Waals surface area contributed by atoms with Gasteiger partial charge in [-0.05, 0) is 12.1 Å². The van der Waals surface area contributed by atoms with Crippen LogP contribution in [0.3, 0.4) is 0 Å². The van der Waals surface area contributed by atoms with Crippen molar-refractivity contribution in [2.75, 3.05) is 18.1 Å². The van der Waals surface area contributed by atoms with Crippen LogP contribution < -0.4 is 9.64 Å². The second kappa shape index (κ2) is 4.69. The number of nitrogens with zero attached hydrogens (tertiary/aromatic N) is 1. The molecule has 0 aromatic heterocycles. The molecule has 0 radical (unpaired) electrons. The number of carbonyl (C=O) groups excluding carboxylic acids is 1. The van der Waals surface area contributed by atoms with Gasteiger partial charge in [0.15, 0.2) is 0 Å². The third-order valence-electron chi connectivity index (χ3n) is 2.36. The lowest BCUT2D eigenvalue weighted by atomic mass is 10.2. The molecule has 0 spiro atoms. The molecule has 1 amide bonds. The molecule has 5 heteroatoms. The molecule has 1 aliphatic heterocycles. The lowest BCUT2D eigenvalue weighted by molar-refractivity contribution is -0.131. The van der Waals surface area contributed by atoms with E-state index in [-0.39, 0.29) is 5.91 Å². The number of rotatable bonds is 2. The third kappa shape index (κ3) is 2.44. The van der Waals surface area contributed by atoms with Crippen LogP contribution in [0.15, 0.2) is 36.4 Å². The highest BCUT2D eigenvalue weighted by molar-refractivity contribution is 6.05. The van der Waals surface area contributed by atoms with Crippen molar-refractivity contribution >= 4 is 17.6 Å². The van der Waals surface area contributed by atoms with E-state index in [4.69, 9.17) is 9.84 Å². The van der Waals surface area contributed by atoms with Crippen molar-refractivity contribution in [3.8, 4) is 5.75 Å². The van der Waals surface area contributed by atoms with Crippen molar-refractivity contribution in [1.82, 2.24) is 0 Å². The van der Waals surface area contributed by atoms with Crippen LogP contribution in [0.2, 0.25) is 0 Å². The summed E-state index contributed by atoms with van der Waals surface area (Å²) < 4.78 is 5.40. The maximum Gasteiger partial charge on any atom is 0.328 e. The number of aliphatic carboxylic acids is 1. The first kappa shape index (κ1) is 11.2. The SMILES string of the molecule is O=C(O)/C=C\C(=O)N1CCOc2ccccc21. The summed E-state index contributed by atoms with van der Waals surface area (Å²) in [7, 11) is 0. The van der Waals surface area contributed by atoms with Crippen molar-refractivity contribution in [3.63, 3.8) is 0 Å². The highest BCUT2D eigenvalue weighted by atomic mass is 16.5. The van der Waals surface area contributed by atoms with E-state index >= 15 is 0 Å². The van der Waals surface area contributed by atoms with Gasteiger partial charge in [0, 0.05) is 12.2 Å². The Kier molecular flexibility index (Phi) is 3.09. The summed E-state index contributed by atoms with van der Waals surface area (Å²) in [4.78, 5) is 23.6. The normalized spacial score (nSPS) is 14.2. The van der Waals surface area contributed by atoms with Gasteiger partial charge in [-0.1, -0.05) is 12.1 Å². The van der Waals surface area contributed by atoms with Crippen LogP contribution in [0.25, 0.3) is 0 Å². The van der Waals surface area contributed by atoms with Gasteiger partial charge >= 0.3 is 5.97 Å². The van der Waals surface area contributed by atoms with Gasteiger partial charge in [0.1, 0.15) is 12.4 Å². The smallest absolute Gasteiger partial charge is 0.328 e. The first-order chi connectivity index (χ1) is 8.18. The van der Waals surface area contributed by atoms with E-state index in [2.05, 4.69) is 0 Å². The van der Waals surface area contributed by atoms with Gasteiger partial charge in [-0.15, -0.1) is 0 Å². The zero-order valence-electron chi connectivity index (χ0n) is 9.00. The topological polar surface area (TPSA) is 66.8 Å². The number of anilines is 1. The Morgan fingerprint density at radius 1 is 1.29 bits per heavy atom. The summed E-state index contributed by atoms with van der Waals surface area (Å²) in [5.41, 5.74) is 0.666. The van der Waals surface area contributed by atoms with Crippen LogP contribution in [0.5, 0.6) is 5.75 Å². The molecular formula is C12H11NO4. The quantitative estimate of drug-likeness (QED) is 0.775. The van der Waals surface area contributed by atoms with Crippen LogP contribution in [-0.2, 0) is 9.59 Å². The van der Waals surface area contributed by atoms with Crippen molar-refractivity contribution in [2.45, 2.75) is 0 Å². The Bertz CT molecular complexity index is 481. The number of fused-ring (bicyclic) bond motifs is 1. The molecule has 0 unspecified atom stereocenters. The first-order valence-corrected chi connectivity index (χ1v) is 5.13. The lowest BCUT2D eigenvalue weighted by Crippen LogP contribution is -2.36. The van der Waals surface area contributed by atoms with Gasteiger partial charge in [-0.3, -0.25) is 4.79 Å². The van der Waals surface area contributed by atoms with Gasteiger partial charge in [-0.2, -0.15) is 0 Å². The van der Waals surface area contributed by atoms with Gasteiger partial charge in [0.25, 0.3) is 5.91 Å². The molecule has 17 heavy (non-hydrogen) atoms. The average molecular weight is 233 g/mol. The number of hydrogen-bond acceptors (Lipinski definition) is 3. The largest absolute Gasteiger partial charge is 0.490 e. The second-order valence-electron chi connectivity index (χ2n) is 3.48. The molecule has 0 bridgehead atoms. The summed E-state index contributed by atoms with van der Waals surface area (Å²) in [6, 6.07) is 7.16.